The van der Waals surface area contributed by atoms with Gasteiger partial charge in [-0.3, -0.25) is 14.0 Å². The van der Waals surface area contributed by atoms with Gasteiger partial charge in [0.2, 0.25) is 5.91 Å². The molecule has 40 heavy (non-hydrogen) atoms. The van der Waals surface area contributed by atoms with Crippen LogP contribution in [0.2, 0.25) is 0 Å². The molecule has 6 rings (SSSR count). The van der Waals surface area contributed by atoms with Crippen molar-refractivity contribution in [2.45, 2.75) is 6.42 Å². The van der Waals surface area contributed by atoms with Crippen molar-refractivity contribution in [1.82, 2.24) is 19.4 Å². The van der Waals surface area contributed by atoms with Crippen molar-refractivity contribution in [2.24, 2.45) is 0 Å². The highest BCUT2D eigenvalue weighted by Gasteiger charge is 2.19. The maximum absolute atomic E-state index is 11.8. The number of carbonyl (C=O) groups excluding carboxylic acids is 1. The minimum absolute atomic E-state index is 0.515. The number of carbonyl (C=O) groups is 2. The summed E-state index contributed by atoms with van der Waals surface area (Å²) < 4.78 is 7.55. The number of morpholine rings is 1. The molecule has 0 saturated carbocycles. The molecule has 3 aromatic heterocycles. The lowest BCUT2D eigenvalue weighted by Gasteiger charge is -2.28. The van der Waals surface area contributed by atoms with Gasteiger partial charge in [0.1, 0.15) is 6.42 Å². The molecule has 0 radical (unpaired) electrons. The van der Waals surface area contributed by atoms with Crippen LogP contribution in [0.4, 0.5) is 11.5 Å². The molecule has 1 saturated heterocycles. The van der Waals surface area contributed by atoms with Gasteiger partial charge in [0.25, 0.3) is 0 Å². The Kier molecular flexibility index (Phi) is 6.90. The third kappa shape index (κ3) is 5.38. The molecular formula is C30H26N6O4. The molecule has 0 bridgehead atoms. The van der Waals surface area contributed by atoms with Gasteiger partial charge in [-0.2, -0.15) is 0 Å². The summed E-state index contributed by atoms with van der Waals surface area (Å²) in [6.45, 7) is 2.72. The van der Waals surface area contributed by atoms with Gasteiger partial charge in [-0.25, -0.2) is 15.0 Å². The maximum Gasteiger partial charge on any atom is 0.312 e. The number of anilines is 2. The van der Waals surface area contributed by atoms with E-state index in [1.165, 1.54) is 0 Å². The van der Waals surface area contributed by atoms with Crippen LogP contribution < -0.4 is 10.2 Å². The molecular weight excluding hydrogens is 508 g/mol. The highest BCUT2D eigenvalue weighted by Crippen LogP contribution is 2.28. The molecule has 10 heteroatoms. The third-order valence-electron chi connectivity index (χ3n) is 6.62. The number of hydrogen-bond donors (Lipinski definition) is 2. The van der Waals surface area contributed by atoms with E-state index in [0.29, 0.717) is 18.9 Å². The molecule has 0 aliphatic carbocycles. The minimum atomic E-state index is -1.18. The van der Waals surface area contributed by atoms with Crippen molar-refractivity contribution in [2.75, 3.05) is 36.5 Å². The number of aromatic nitrogens is 4. The van der Waals surface area contributed by atoms with E-state index in [2.05, 4.69) is 16.3 Å². The van der Waals surface area contributed by atoms with Crippen molar-refractivity contribution in [3.8, 4) is 11.3 Å². The second-order valence-electron chi connectivity index (χ2n) is 9.38. The molecule has 1 fully saturated rings. The van der Waals surface area contributed by atoms with Crippen LogP contribution >= 0.6 is 0 Å². The van der Waals surface area contributed by atoms with Gasteiger partial charge in [0.15, 0.2) is 11.5 Å². The van der Waals surface area contributed by atoms with Crippen LogP contribution in [-0.2, 0) is 14.3 Å². The summed E-state index contributed by atoms with van der Waals surface area (Å²) in [5.41, 5.74) is 5.46. The number of amides is 1. The summed E-state index contributed by atoms with van der Waals surface area (Å²) >= 11 is 0. The molecule has 1 aliphatic rings. The van der Waals surface area contributed by atoms with Crippen molar-refractivity contribution < 1.29 is 19.4 Å². The fraction of sp³-hybridized carbons (Fsp3) is 0.167. The molecule has 2 aromatic carbocycles. The SMILES string of the molecule is O=C(O)CC(=O)Nc1ccc(-c2cnc(N3CCOCC3)c3nc(/C=C/c4ccc5ccccc5n4)cn23)cc1. The quantitative estimate of drug-likeness (QED) is 0.295. The van der Waals surface area contributed by atoms with E-state index in [1.54, 1.807) is 12.1 Å². The van der Waals surface area contributed by atoms with Crippen molar-refractivity contribution in [1.29, 1.82) is 0 Å². The van der Waals surface area contributed by atoms with Crippen molar-refractivity contribution in [3.05, 3.63) is 84.4 Å². The Labute approximate surface area is 229 Å². The van der Waals surface area contributed by atoms with Gasteiger partial charge in [0.05, 0.1) is 42.0 Å². The Morgan fingerprint density at radius 1 is 0.950 bits per heavy atom. The third-order valence-corrected chi connectivity index (χ3v) is 6.62. The minimum Gasteiger partial charge on any atom is -0.481 e. The Bertz CT molecular complexity index is 1740. The fourth-order valence-electron chi connectivity index (χ4n) is 4.69. The molecule has 1 amide bonds. The van der Waals surface area contributed by atoms with E-state index in [0.717, 1.165) is 58.1 Å². The normalized spacial score (nSPS) is 13.8. The number of benzene rings is 2. The van der Waals surface area contributed by atoms with E-state index in [1.807, 2.05) is 71.4 Å². The summed E-state index contributed by atoms with van der Waals surface area (Å²) in [5.74, 6) is -0.969. The van der Waals surface area contributed by atoms with E-state index in [4.69, 9.17) is 24.8 Å². The number of para-hydroxylation sites is 1. The summed E-state index contributed by atoms with van der Waals surface area (Å²) in [7, 11) is 0. The smallest absolute Gasteiger partial charge is 0.312 e. The number of pyridine rings is 1. The number of hydrogen-bond acceptors (Lipinski definition) is 7. The van der Waals surface area contributed by atoms with Crippen LogP contribution in [0.3, 0.4) is 0 Å². The van der Waals surface area contributed by atoms with E-state index in [9.17, 15) is 9.59 Å². The summed E-state index contributed by atoms with van der Waals surface area (Å²) in [4.78, 5) is 39.2. The largest absolute Gasteiger partial charge is 0.481 e. The zero-order chi connectivity index (χ0) is 27.5. The summed E-state index contributed by atoms with van der Waals surface area (Å²) in [6.07, 6.45) is 7.09. The molecule has 0 atom stereocenters. The van der Waals surface area contributed by atoms with Crippen LogP contribution in [-0.4, -0.2) is 62.6 Å². The zero-order valence-electron chi connectivity index (χ0n) is 21.5. The number of carboxylic acids is 1. The van der Waals surface area contributed by atoms with E-state index < -0.39 is 18.3 Å². The summed E-state index contributed by atoms with van der Waals surface area (Å²) in [6, 6.07) is 19.2. The van der Waals surface area contributed by atoms with E-state index >= 15 is 0 Å². The fourth-order valence-corrected chi connectivity index (χ4v) is 4.69. The number of aliphatic carboxylic acids is 1. The molecule has 2 N–H and O–H groups in total. The topological polar surface area (TPSA) is 122 Å². The van der Waals surface area contributed by atoms with Crippen molar-refractivity contribution >= 4 is 52.1 Å². The predicted molar refractivity (Wildman–Crippen MR) is 153 cm³/mol. The Hall–Kier alpha value is -5.09. The maximum atomic E-state index is 11.8. The van der Waals surface area contributed by atoms with Crippen LogP contribution in [0.5, 0.6) is 0 Å². The highest BCUT2D eigenvalue weighted by molar-refractivity contribution is 6.01. The van der Waals surface area contributed by atoms with Gasteiger partial charge >= 0.3 is 5.97 Å². The number of rotatable bonds is 7. The number of nitrogens with one attached hydrogen (secondary N) is 1. The van der Waals surface area contributed by atoms with Crippen LogP contribution in [0.15, 0.2) is 73.1 Å². The average molecular weight is 535 g/mol. The molecule has 4 heterocycles. The zero-order valence-corrected chi connectivity index (χ0v) is 21.5. The van der Waals surface area contributed by atoms with Crippen molar-refractivity contribution in [3.63, 3.8) is 0 Å². The highest BCUT2D eigenvalue weighted by atomic mass is 16.5. The standard InChI is InChI=1S/C30H26N6O4/c37-27(17-28(38)39)33-23-9-6-21(7-10-23)26-18-31-29(35-13-15-40-16-14-35)30-34-24(19-36(26)30)12-11-22-8-5-20-3-1-2-4-25(20)32-22/h1-12,18-19H,13-17H2,(H,33,37)(H,38,39)/b12-11+. The second kappa shape index (κ2) is 11.0. The van der Waals surface area contributed by atoms with Crippen LogP contribution in [0.25, 0.3) is 40.0 Å². The number of nitrogens with zero attached hydrogens (tertiary/aromatic N) is 5. The summed E-state index contributed by atoms with van der Waals surface area (Å²) in [5, 5.41) is 12.5. The van der Waals surface area contributed by atoms with Gasteiger partial charge in [-0.05, 0) is 36.4 Å². The van der Waals surface area contributed by atoms with Gasteiger partial charge in [-0.15, -0.1) is 0 Å². The van der Waals surface area contributed by atoms with Gasteiger partial charge < -0.3 is 20.1 Å². The molecule has 10 nitrogen and oxygen atoms in total. The predicted octanol–water partition coefficient (Wildman–Crippen LogP) is 4.36. The first kappa shape index (κ1) is 25.2. The number of carboxylic acid groups (broad SMARTS) is 1. The lowest BCUT2D eigenvalue weighted by molar-refractivity contribution is -0.139. The molecule has 0 spiro atoms. The molecule has 200 valence electrons. The van der Waals surface area contributed by atoms with E-state index in [-0.39, 0.29) is 0 Å². The Morgan fingerprint density at radius 2 is 1.73 bits per heavy atom. The lowest BCUT2D eigenvalue weighted by atomic mass is 10.1. The molecule has 1 aliphatic heterocycles. The first-order valence-electron chi connectivity index (χ1n) is 12.9. The second-order valence-corrected chi connectivity index (χ2v) is 9.38. The molecule has 5 aromatic rings. The van der Waals surface area contributed by atoms with Gasteiger partial charge in [0, 0.05) is 35.9 Å². The molecule has 0 unspecified atom stereocenters. The monoisotopic (exact) mass is 534 g/mol. The number of imidazole rings is 1. The Morgan fingerprint density at radius 3 is 2.52 bits per heavy atom. The van der Waals surface area contributed by atoms with Gasteiger partial charge in [-0.1, -0.05) is 36.4 Å². The number of fused-ring (bicyclic) bond motifs is 2. The van der Waals surface area contributed by atoms with Crippen LogP contribution in [0, 0.1) is 0 Å². The van der Waals surface area contributed by atoms with Crippen LogP contribution in [0.1, 0.15) is 17.8 Å². The number of ether oxygens (including phenoxy) is 1. The average Bonchev–Trinajstić information content (AvgIpc) is 3.40. The lowest BCUT2D eigenvalue weighted by Crippen LogP contribution is -2.37. The Balaban J connectivity index is 1.35. The first-order valence-corrected chi connectivity index (χ1v) is 12.9. The first-order chi connectivity index (χ1) is 19.5.